The van der Waals surface area contributed by atoms with Crippen molar-refractivity contribution in [3.63, 3.8) is 0 Å². The lowest BCUT2D eigenvalue weighted by Crippen LogP contribution is -2.49. The Labute approximate surface area is 325 Å². The molecule has 5 atom stereocenters. The average molecular weight is 756 g/mol. The summed E-state index contributed by atoms with van der Waals surface area (Å²) in [5, 5.41) is 19.3. The number of nitrogens with zero attached hydrogens (tertiary/aromatic N) is 1. The maximum absolute atomic E-state index is 14.2. The number of aliphatic hydroxyl groups excluding tert-OH is 1. The van der Waals surface area contributed by atoms with Crippen LogP contribution in [0.2, 0.25) is 0 Å². The fourth-order valence-electron chi connectivity index (χ4n) is 6.50. The van der Waals surface area contributed by atoms with E-state index < -0.39 is 42.3 Å². The van der Waals surface area contributed by atoms with Gasteiger partial charge in [-0.1, -0.05) is 95.1 Å². The predicted molar refractivity (Wildman–Crippen MR) is 216 cm³/mol. The third kappa shape index (κ3) is 13.5. The standard InChI is InChI=1S/C44H57N3O6S/c1-6-10-19-39(49)38(29-48)45-43(52)35(18-14-15-25-47(8-3)9-4)27-41(51)42(31(5)7-2)46-44(53)37(36-24-26-54-30-36)28-40(50)34-22-20-33(21-23-34)32-16-12-11-13-17-32/h1,11-13,16-17,20-24,26,30-31,35,37-38,42,48H,7-10,14-15,18-19,25,27-29H2,2-5H3,(H,45,52)(H,46,53)/t31-,35+,37-,38-,42?/m0/s1. The first-order valence-corrected chi connectivity index (χ1v) is 20.1. The largest absolute Gasteiger partial charge is 0.394 e. The number of rotatable bonds is 25. The van der Waals surface area contributed by atoms with Gasteiger partial charge in [0.2, 0.25) is 11.8 Å². The smallest absolute Gasteiger partial charge is 0.228 e. The summed E-state index contributed by atoms with van der Waals surface area (Å²) in [5.41, 5.74) is 3.20. The second-order valence-corrected chi connectivity index (χ2v) is 14.6. The van der Waals surface area contributed by atoms with Crippen molar-refractivity contribution in [1.29, 1.82) is 0 Å². The Balaban J connectivity index is 1.80. The molecule has 1 aromatic heterocycles. The number of nitrogens with one attached hydrogen (secondary N) is 2. The minimum absolute atomic E-state index is 0.0182. The summed E-state index contributed by atoms with van der Waals surface area (Å²) >= 11 is 1.42. The van der Waals surface area contributed by atoms with Crippen molar-refractivity contribution in [3.05, 3.63) is 82.6 Å². The first-order chi connectivity index (χ1) is 26.1. The van der Waals surface area contributed by atoms with Gasteiger partial charge in [-0.2, -0.15) is 11.3 Å². The Hall–Kier alpha value is -4.43. The van der Waals surface area contributed by atoms with E-state index in [0.29, 0.717) is 30.4 Å². The van der Waals surface area contributed by atoms with E-state index in [-0.39, 0.29) is 49.0 Å². The first kappa shape index (κ1) is 44.0. The summed E-state index contributed by atoms with van der Waals surface area (Å²) in [4.78, 5) is 70.5. The third-order valence-electron chi connectivity index (χ3n) is 10.2. The minimum Gasteiger partial charge on any atom is -0.394 e. The van der Waals surface area contributed by atoms with Crippen LogP contribution in [-0.2, 0) is 19.2 Å². The lowest BCUT2D eigenvalue weighted by atomic mass is 9.86. The molecule has 0 saturated heterocycles. The number of benzene rings is 2. The molecule has 9 nitrogen and oxygen atoms in total. The molecule has 0 spiro atoms. The van der Waals surface area contributed by atoms with Gasteiger partial charge in [0.1, 0.15) is 6.04 Å². The van der Waals surface area contributed by atoms with Crippen LogP contribution >= 0.6 is 11.3 Å². The summed E-state index contributed by atoms with van der Waals surface area (Å²) in [5.74, 6) is -1.24. The molecule has 54 heavy (non-hydrogen) atoms. The van der Waals surface area contributed by atoms with Crippen LogP contribution in [0.15, 0.2) is 71.4 Å². The Morgan fingerprint density at radius 1 is 0.852 bits per heavy atom. The van der Waals surface area contributed by atoms with Crippen molar-refractivity contribution >= 4 is 40.5 Å². The van der Waals surface area contributed by atoms with Gasteiger partial charge in [-0.05, 0) is 71.9 Å². The SMILES string of the molecule is C#CCCC(=O)[C@H](CO)NC(=O)[C@H](CCCCN(CC)CC)CC(=O)C(NC(=O)[C@@H](CC(=O)c1ccc(-c2ccccc2)cc1)c1ccsc1)[C@@H](C)CC. The van der Waals surface area contributed by atoms with Gasteiger partial charge in [0.15, 0.2) is 17.3 Å². The van der Waals surface area contributed by atoms with E-state index in [1.807, 2.05) is 73.1 Å². The molecular weight excluding hydrogens is 699 g/mol. The van der Waals surface area contributed by atoms with E-state index >= 15 is 0 Å². The van der Waals surface area contributed by atoms with Crippen molar-refractivity contribution in [2.75, 3.05) is 26.2 Å². The van der Waals surface area contributed by atoms with Crippen molar-refractivity contribution in [1.82, 2.24) is 15.5 Å². The van der Waals surface area contributed by atoms with Crippen LogP contribution in [0.25, 0.3) is 11.1 Å². The number of amides is 2. The molecule has 0 saturated carbocycles. The number of carbonyl (C=O) groups excluding carboxylic acids is 5. The van der Waals surface area contributed by atoms with E-state index in [4.69, 9.17) is 6.42 Å². The van der Waals surface area contributed by atoms with Gasteiger partial charge in [-0.15, -0.1) is 12.3 Å². The molecule has 3 rings (SSSR count). The van der Waals surface area contributed by atoms with Gasteiger partial charge >= 0.3 is 0 Å². The van der Waals surface area contributed by atoms with Crippen LogP contribution in [-0.4, -0.2) is 77.5 Å². The van der Waals surface area contributed by atoms with E-state index in [9.17, 15) is 29.1 Å². The summed E-state index contributed by atoms with van der Waals surface area (Å²) in [6, 6.07) is 17.0. The van der Waals surface area contributed by atoms with Crippen molar-refractivity contribution in [2.24, 2.45) is 11.8 Å². The van der Waals surface area contributed by atoms with Crippen LogP contribution < -0.4 is 10.6 Å². The van der Waals surface area contributed by atoms with Gasteiger partial charge < -0.3 is 20.6 Å². The Morgan fingerprint density at radius 3 is 2.13 bits per heavy atom. The summed E-state index contributed by atoms with van der Waals surface area (Å²) in [6.07, 6.45) is 7.76. The first-order valence-electron chi connectivity index (χ1n) is 19.2. The number of thiophene rings is 1. The normalized spacial score (nSPS) is 13.9. The molecule has 0 aliphatic carbocycles. The predicted octanol–water partition coefficient (Wildman–Crippen LogP) is 6.85. The number of ketones is 3. The zero-order valence-corrected chi connectivity index (χ0v) is 33.0. The Morgan fingerprint density at radius 2 is 1.54 bits per heavy atom. The highest BCUT2D eigenvalue weighted by atomic mass is 32.1. The molecule has 10 heteroatoms. The fraction of sp³-hybridized carbons (Fsp3) is 0.477. The number of hydrogen-bond donors (Lipinski definition) is 3. The molecule has 0 radical (unpaired) electrons. The molecule has 2 amide bonds. The maximum atomic E-state index is 14.2. The second kappa shape index (κ2) is 23.4. The van der Waals surface area contributed by atoms with E-state index in [1.54, 1.807) is 12.1 Å². The quantitative estimate of drug-likeness (QED) is 0.0490. The molecule has 0 bridgehead atoms. The van der Waals surface area contributed by atoms with Crippen LogP contribution in [0.3, 0.4) is 0 Å². The summed E-state index contributed by atoms with van der Waals surface area (Å²) in [6.45, 7) is 10.1. The number of hydrogen-bond acceptors (Lipinski definition) is 8. The highest BCUT2D eigenvalue weighted by Gasteiger charge is 2.34. The number of terminal acetylenes is 1. The van der Waals surface area contributed by atoms with Crippen LogP contribution in [0.5, 0.6) is 0 Å². The number of carbonyl (C=O) groups is 5. The molecule has 1 unspecified atom stereocenters. The fourth-order valence-corrected chi connectivity index (χ4v) is 7.21. The third-order valence-corrected chi connectivity index (χ3v) is 10.9. The maximum Gasteiger partial charge on any atom is 0.228 e. The van der Waals surface area contributed by atoms with Gasteiger partial charge in [-0.3, -0.25) is 24.0 Å². The monoisotopic (exact) mass is 755 g/mol. The van der Waals surface area contributed by atoms with E-state index in [1.165, 1.54) is 11.3 Å². The second-order valence-electron chi connectivity index (χ2n) is 13.9. The number of unbranched alkanes of at least 4 members (excludes halogenated alkanes) is 1. The minimum atomic E-state index is -1.12. The molecule has 290 valence electrons. The highest BCUT2D eigenvalue weighted by Crippen LogP contribution is 2.27. The lowest BCUT2D eigenvalue weighted by molar-refractivity contribution is -0.135. The molecule has 1 heterocycles. The number of Topliss-reactive ketones (excluding diaryl/α,β-unsaturated/α-hetero) is 3. The Bertz CT molecular complexity index is 1660. The topological polar surface area (TPSA) is 133 Å². The van der Waals surface area contributed by atoms with Crippen LogP contribution in [0, 0.1) is 24.2 Å². The lowest BCUT2D eigenvalue weighted by Gasteiger charge is -2.28. The van der Waals surface area contributed by atoms with Crippen molar-refractivity contribution in [3.8, 4) is 23.5 Å². The molecule has 2 aromatic carbocycles. The molecule has 0 aliphatic heterocycles. The average Bonchev–Trinajstić information content (AvgIpc) is 3.74. The zero-order chi connectivity index (χ0) is 39.5. The summed E-state index contributed by atoms with van der Waals surface area (Å²) in [7, 11) is 0. The molecule has 0 aliphatic rings. The van der Waals surface area contributed by atoms with Crippen LogP contribution in [0.1, 0.15) is 101 Å². The number of aliphatic hydroxyl groups is 1. The Kier molecular flexibility index (Phi) is 19.0. The van der Waals surface area contributed by atoms with Crippen molar-refractivity contribution < 1.29 is 29.1 Å². The van der Waals surface area contributed by atoms with E-state index in [2.05, 4.69) is 35.3 Å². The van der Waals surface area contributed by atoms with Gasteiger partial charge in [-0.25, -0.2) is 0 Å². The van der Waals surface area contributed by atoms with Gasteiger partial charge in [0.25, 0.3) is 0 Å². The molecular formula is C44H57N3O6S. The molecule has 0 fully saturated rings. The van der Waals surface area contributed by atoms with Gasteiger partial charge in [0, 0.05) is 37.2 Å². The van der Waals surface area contributed by atoms with Crippen LogP contribution in [0.4, 0.5) is 0 Å². The summed E-state index contributed by atoms with van der Waals surface area (Å²) < 4.78 is 0. The zero-order valence-electron chi connectivity index (χ0n) is 32.2. The van der Waals surface area contributed by atoms with Crippen molar-refractivity contribution in [2.45, 2.75) is 97.1 Å². The molecule has 3 aromatic rings. The molecule has 3 N–H and O–H groups in total. The van der Waals surface area contributed by atoms with E-state index in [0.717, 1.165) is 37.2 Å². The van der Waals surface area contributed by atoms with Gasteiger partial charge in [0.05, 0.1) is 18.6 Å². The highest BCUT2D eigenvalue weighted by molar-refractivity contribution is 7.08.